The summed E-state index contributed by atoms with van der Waals surface area (Å²) < 4.78 is 11.1. The van der Waals surface area contributed by atoms with Crippen LogP contribution in [0.4, 0.5) is 0 Å². The number of nitrogens with one attached hydrogen (secondary N) is 1. The van der Waals surface area contributed by atoms with E-state index >= 15 is 0 Å². The zero-order chi connectivity index (χ0) is 15.5. The van der Waals surface area contributed by atoms with Crippen molar-refractivity contribution in [1.82, 2.24) is 5.32 Å². The van der Waals surface area contributed by atoms with E-state index in [0.717, 1.165) is 5.56 Å². The molecule has 0 fully saturated rings. The van der Waals surface area contributed by atoms with Crippen molar-refractivity contribution in [3.8, 4) is 11.5 Å². The average molecular weight is 340 g/mol. The molecule has 0 saturated heterocycles. The molecular formula is C15H14ClNO4S. The molecule has 22 heavy (non-hydrogen) atoms. The summed E-state index contributed by atoms with van der Waals surface area (Å²) in [6.45, 7) is 0.568. The lowest BCUT2D eigenvalue weighted by Crippen LogP contribution is -2.24. The molecule has 0 spiro atoms. The number of aliphatic hydroxyl groups is 1. The van der Waals surface area contributed by atoms with Crippen molar-refractivity contribution in [2.75, 3.05) is 13.3 Å². The van der Waals surface area contributed by atoms with E-state index in [-0.39, 0.29) is 12.7 Å². The maximum absolute atomic E-state index is 11.9. The second-order valence-corrected chi connectivity index (χ2v) is 6.49. The van der Waals surface area contributed by atoms with Crippen LogP contribution in [0.3, 0.4) is 0 Å². The number of benzene rings is 1. The SMILES string of the molecule is O=C(NCC[C@@H](O)c1ccc2c(c1)OCO2)c1ccc(Cl)s1. The lowest BCUT2D eigenvalue weighted by Gasteiger charge is -2.12. The van der Waals surface area contributed by atoms with Crippen LogP contribution in [-0.2, 0) is 0 Å². The van der Waals surface area contributed by atoms with Gasteiger partial charge in [-0.3, -0.25) is 4.79 Å². The van der Waals surface area contributed by atoms with Crippen molar-refractivity contribution in [3.63, 3.8) is 0 Å². The minimum Gasteiger partial charge on any atom is -0.454 e. The Balaban J connectivity index is 1.52. The number of thiophene rings is 1. The predicted octanol–water partition coefficient (Wildman–Crippen LogP) is 2.98. The van der Waals surface area contributed by atoms with Crippen LogP contribution in [0.1, 0.15) is 27.8 Å². The van der Waals surface area contributed by atoms with Gasteiger partial charge in [-0.25, -0.2) is 0 Å². The molecule has 0 aliphatic carbocycles. The molecule has 1 aromatic carbocycles. The van der Waals surface area contributed by atoms with Crippen LogP contribution < -0.4 is 14.8 Å². The number of carbonyl (C=O) groups excluding carboxylic acids is 1. The van der Waals surface area contributed by atoms with Gasteiger partial charge in [0, 0.05) is 6.54 Å². The molecule has 0 saturated carbocycles. The van der Waals surface area contributed by atoms with Crippen LogP contribution in [0.5, 0.6) is 11.5 Å². The quantitative estimate of drug-likeness (QED) is 0.878. The van der Waals surface area contributed by atoms with E-state index in [2.05, 4.69) is 5.32 Å². The van der Waals surface area contributed by atoms with Gasteiger partial charge in [-0.15, -0.1) is 11.3 Å². The first-order valence-electron chi connectivity index (χ1n) is 6.74. The van der Waals surface area contributed by atoms with Crippen molar-refractivity contribution >= 4 is 28.8 Å². The van der Waals surface area contributed by atoms with E-state index in [1.165, 1.54) is 11.3 Å². The molecular weight excluding hydrogens is 326 g/mol. The fraction of sp³-hybridized carbons (Fsp3) is 0.267. The first kappa shape index (κ1) is 15.1. The Morgan fingerprint density at radius 2 is 2.14 bits per heavy atom. The maximum Gasteiger partial charge on any atom is 0.261 e. The molecule has 5 nitrogen and oxygen atoms in total. The summed E-state index contributed by atoms with van der Waals surface area (Å²) in [5.41, 5.74) is 0.734. The van der Waals surface area contributed by atoms with Crippen molar-refractivity contribution < 1.29 is 19.4 Å². The lowest BCUT2D eigenvalue weighted by molar-refractivity contribution is 0.0946. The molecule has 2 N–H and O–H groups in total. The molecule has 0 bridgehead atoms. The number of amides is 1. The van der Waals surface area contributed by atoms with Crippen LogP contribution in [0.2, 0.25) is 4.34 Å². The van der Waals surface area contributed by atoms with Gasteiger partial charge in [-0.1, -0.05) is 17.7 Å². The molecule has 116 valence electrons. The molecule has 3 rings (SSSR count). The number of halogens is 1. The van der Waals surface area contributed by atoms with Crippen LogP contribution in [0.25, 0.3) is 0 Å². The summed E-state index contributed by atoms with van der Waals surface area (Å²) in [5.74, 6) is 1.13. The molecule has 7 heteroatoms. The molecule has 1 aliphatic rings. The third kappa shape index (κ3) is 3.35. The minimum atomic E-state index is -0.679. The van der Waals surface area contributed by atoms with Crippen molar-refractivity contribution in [3.05, 3.63) is 45.1 Å². The Bertz CT molecular complexity index is 688. The van der Waals surface area contributed by atoms with Gasteiger partial charge in [-0.05, 0) is 36.2 Å². The van der Waals surface area contributed by atoms with Gasteiger partial charge >= 0.3 is 0 Å². The first-order chi connectivity index (χ1) is 10.6. The topological polar surface area (TPSA) is 67.8 Å². The highest BCUT2D eigenvalue weighted by atomic mass is 35.5. The number of carbonyl (C=O) groups is 1. The number of rotatable bonds is 5. The van der Waals surface area contributed by atoms with E-state index in [1.54, 1.807) is 30.3 Å². The summed E-state index contributed by atoms with van der Waals surface area (Å²) in [6, 6.07) is 8.68. The number of ether oxygens (including phenoxy) is 2. The highest BCUT2D eigenvalue weighted by molar-refractivity contribution is 7.17. The van der Waals surface area contributed by atoms with Gasteiger partial charge in [-0.2, -0.15) is 0 Å². The highest BCUT2D eigenvalue weighted by Crippen LogP contribution is 2.34. The zero-order valence-corrected chi connectivity index (χ0v) is 13.1. The second kappa shape index (κ2) is 6.56. The summed E-state index contributed by atoms with van der Waals surface area (Å²) in [5, 5.41) is 12.9. The van der Waals surface area contributed by atoms with E-state index in [4.69, 9.17) is 21.1 Å². The number of aliphatic hydroxyl groups excluding tert-OH is 1. The third-order valence-electron chi connectivity index (χ3n) is 3.28. The van der Waals surface area contributed by atoms with Crippen LogP contribution in [0, 0.1) is 0 Å². The Morgan fingerprint density at radius 1 is 1.32 bits per heavy atom. The summed E-state index contributed by atoms with van der Waals surface area (Å²) in [6.07, 6.45) is -0.272. The molecule has 2 aromatic rings. The fourth-order valence-electron chi connectivity index (χ4n) is 2.13. The summed E-state index contributed by atoms with van der Waals surface area (Å²) in [7, 11) is 0. The smallest absolute Gasteiger partial charge is 0.261 e. The standard InChI is InChI=1S/C15H14ClNO4S/c16-14-4-3-13(22-14)15(19)17-6-5-10(18)9-1-2-11-12(7-9)21-8-20-11/h1-4,7,10,18H,5-6,8H2,(H,17,19)/t10-/m1/s1. The van der Waals surface area contributed by atoms with Crippen molar-refractivity contribution in [2.45, 2.75) is 12.5 Å². The predicted molar refractivity (Wildman–Crippen MR) is 83.8 cm³/mol. The van der Waals surface area contributed by atoms with Crippen LogP contribution >= 0.6 is 22.9 Å². The highest BCUT2D eigenvalue weighted by Gasteiger charge is 2.17. The summed E-state index contributed by atoms with van der Waals surface area (Å²) in [4.78, 5) is 12.4. The van der Waals surface area contributed by atoms with E-state index < -0.39 is 6.10 Å². The number of hydrogen-bond acceptors (Lipinski definition) is 5. The minimum absolute atomic E-state index is 0.185. The van der Waals surface area contributed by atoms with E-state index in [9.17, 15) is 9.90 Å². The molecule has 1 aromatic heterocycles. The normalized spacial score (nSPS) is 13.9. The summed E-state index contributed by atoms with van der Waals surface area (Å²) >= 11 is 7.02. The molecule has 0 unspecified atom stereocenters. The fourth-order valence-corrected chi connectivity index (χ4v) is 3.09. The molecule has 0 radical (unpaired) electrons. The number of hydrogen-bond donors (Lipinski definition) is 2. The molecule has 2 heterocycles. The van der Waals surface area contributed by atoms with E-state index in [0.29, 0.717) is 33.7 Å². The molecule has 1 atom stereocenters. The number of fused-ring (bicyclic) bond motifs is 1. The lowest BCUT2D eigenvalue weighted by atomic mass is 10.1. The second-order valence-electron chi connectivity index (χ2n) is 4.78. The van der Waals surface area contributed by atoms with Crippen molar-refractivity contribution in [1.29, 1.82) is 0 Å². The van der Waals surface area contributed by atoms with E-state index in [1.807, 2.05) is 0 Å². The van der Waals surface area contributed by atoms with Gasteiger partial charge in [0.25, 0.3) is 5.91 Å². The third-order valence-corrected chi connectivity index (χ3v) is 4.51. The van der Waals surface area contributed by atoms with Gasteiger partial charge in [0.1, 0.15) is 0 Å². The Kier molecular flexibility index (Phi) is 4.52. The van der Waals surface area contributed by atoms with Gasteiger partial charge in [0.2, 0.25) is 6.79 Å². The molecule has 1 amide bonds. The van der Waals surface area contributed by atoms with Crippen LogP contribution in [-0.4, -0.2) is 24.4 Å². The Morgan fingerprint density at radius 3 is 2.91 bits per heavy atom. The van der Waals surface area contributed by atoms with Gasteiger partial charge in [0.15, 0.2) is 11.5 Å². The van der Waals surface area contributed by atoms with Gasteiger partial charge < -0.3 is 19.9 Å². The average Bonchev–Trinajstić information content (AvgIpc) is 3.14. The van der Waals surface area contributed by atoms with Crippen molar-refractivity contribution in [2.24, 2.45) is 0 Å². The largest absolute Gasteiger partial charge is 0.454 e. The monoisotopic (exact) mass is 339 g/mol. The Labute approximate surface area is 136 Å². The van der Waals surface area contributed by atoms with Gasteiger partial charge in [0.05, 0.1) is 15.3 Å². The zero-order valence-electron chi connectivity index (χ0n) is 11.5. The molecule has 1 aliphatic heterocycles. The maximum atomic E-state index is 11.9. The van der Waals surface area contributed by atoms with Crippen LogP contribution in [0.15, 0.2) is 30.3 Å². The first-order valence-corrected chi connectivity index (χ1v) is 7.94. The Hall–Kier alpha value is -1.76.